The van der Waals surface area contributed by atoms with Crippen LogP contribution in [0, 0.1) is 11.8 Å². The molecule has 2 heterocycles. The van der Waals surface area contributed by atoms with Crippen LogP contribution in [0.25, 0.3) is 11.3 Å². The van der Waals surface area contributed by atoms with E-state index in [0.717, 1.165) is 24.0 Å². The summed E-state index contributed by atoms with van der Waals surface area (Å²) in [5.74, 6) is 0.241. The fourth-order valence-electron chi connectivity index (χ4n) is 3.91. The van der Waals surface area contributed by atoms with Crippen LogP contribution < -0.4 is 10.2 Å². The van der Waals surface area contributed by atoms with Crippen molar-refractivity contribution in [2.75, 3.05) is 13.2 Å². The van der Waals surface area contributed by atoms with Gasteiger partial charge in [0.1, 0.15) is 11.3 Å². The molecule has 0 unspecified atom stereocenters. The summed E-state index contributed by atoms with van der Waals surface area (Å²) in [6, 6.07) is 5.09. The lowest BCUT2D eigenvalue weighted by Crippen LogP contribution is -2.35. The highest BCUT2D eigenvalue weighted by Crippen LogP contribution is 2.38. The highest BCUT2D eigenvalue weighted by molar-refractivity contribution is 6.32. The first kappa shape index (κ1) is 21.9. The third-order valence-electron chi connectivity index (χ3n) is 5.69. The second-order valence-corrected chi connectivity index (χ2v) is 9.08. The number of ether oxygens (including phenoxy) is 1. The summed E-state index contributed by atoms with van der Waals surface area (Å²) in [6.07, 6.45) is 4.01. The standard InChI is InChI=1S/C23H26ClNO6/c1-13(2)11-30-31-16-5-14(6-16)12-29-22-7-15-3-4-25-10-18(23(27)28)21(26)9-20(25)17(15)8-19(22)24/h7-10,13-14,16H,3-6,11-12H2,1-2H3,(H,27,28). The number of carboxylic acids is 1. The lowest BCUT2D eigenvalue weighted by Gasteiger charge is -2.34. The second-order valence-electron chi connectivity index (χ2n) is 8.67. The molecule has 1 aromatic heterocycles. The zero-order chi connectivity index (χ0) is 22.1. The molecule has 0 bridgehead atoms. The topological polar surface area (TPSA) is 87.0 Å². The molecule has 2 aromatic rings. The third kappa shape index (κ3) is 4.79. The Morgan fingerprint density at radius 1 is 1.29 bits per heavy atom. The summed E-state index contributed by atoms with van der Waals surface area (Å²) >= 11 is 6.47. The van der Waals surface area contributed by atoms with Gasteiger partial charge in [0.05, 0.1) is 30.0 Å². The van der Waals surface area contributed by atoms with Gasteiger partial charge >= 0.3 is 5.97 Å². The molecule has 1 fully saturated rings. The van der Waals surface area contributed by atoms with Crippen LogP contribution in [0.5, 0.6) is 5.75 Å². The van der Waals surface area contributed by atoms with Gasteiger partial charge in [-0.15, -0.1) is 0 Å². The van der Waals surface area contributed by atoms with Gasteiger partial charge in [-0.2, -0.15) is 0 Å². The molecule has 0 amide bonds. The Bertz CT molecular complexity index is 1040. The number of hydrogen-bond donors (Lipinski definition) is 1. The van der Waals surface area contributed by atoms with Gasteiger partial charge in [-0.25, -0.2) is 14.6 Å². The van der Waals surface area contributed by atoms with Crippen LogP contribution in [0.3, 0.4) is 0 Å². The van der Waals surface area contributed by atoms with Gasteiger partial charge < -0.3 is 14.4 Å². The van der Waals surface area contributed by atoms with Crippen LogP contribution in [-0.4, -0.2) is 35.0 Å². The quantitative estimate of drug-likeness (QED) is 0.482. The molecule has 7 nitrogen and oxygen atoms in total. The first-order valence-corrected chi connectivity index (χ1v) is 10.9. The molecule has 166 valence electrons. The molecule has 31 heavy (non-hydrogen) atoms. The minimum Gasteiger partial charge on any atom is -0.492 e. The highest BCUT2D eigenvalue weighted by atomic mass is 35.5. The molecule has 1 N–H and O–H groups in total. The molecule has 1 saturated carbocycles. The smallest absolute Gasteiger partial charge is 0.341 e. The molecule has 4 rings (SSSR count). The first-order chi connectivity index (χ1) is 14.8. The Kier molecular flexibility index (Phi) is 6.36. The molecular formula is C23H26ClNO6. The maximum atomic E-state index is 12.2. The number of rotatable bonds is 8. The Balaban J connectivity index is 1.40. The minimum absolute atomic E-state index is 0.122. The van der Waals surface area contributed by atoms with Gasteiger partial charge in [-0.1, -0.05) is 25.4 Å². The van der Waals surface area contributed by atoms with Crippen molar-refractivity contribution in [2.24, 2.45) is 11.8 Å². The Hall–Kier alpha value is -2.35. The van der Waals surface area contributed by atoms with Crippen LogP contribution in [0.1, 0.15) is 42.6 Å². The Morgan fingerprint density at radius 3 is 2.77 bits per heavy atom. The van der Waals surface area contributed by atoms with Crippen molar-refractivity contribution in [1.29, 1.82) is 0 Å². The fraction of sp³-hybridized carbons (Fsp3) is 0.478. The number of carboxylic acid groups (broad SMARTS) is 1. The Labute approximate surface area is 185 Å². The molecule has 0 atom stereocenters. The van der Waals surface area contributed by atoms with Crippen LogP contribution in [0.4, 0.5) is 0 Å². The number of hydrogen-bond acceptors (Lipinski definition) is 5. The number of benzene rings is 1. The number of carbonyl (C=O) groups is 1. The van der Waals surface area contributed by atoms with E-state index in [-0.39, 0.29) is 11.7 Å². The van der Waals surface area contributed by atoms with E-state index in [2.05, 4.69) is 13.8 Å². The number of halogens is 1. The SMILES string of the molecule is CC(C)COOC1CC(COc2cc3c(cc2Cl)-c2cc(=O)c(C(=O)O)cn2CC3)C1. The number of aryl methyl sites for hydroxylation is 2. The largest absolute Gasteiger partial charge is 0.492 e. The summed E-state index contributed by atoms with van der Waals surface area (Å²) in [7, 11) is 0. The number of aromatic nitrogens is 1. The van der Waals surface area contributed by atoms with Crippen molar-refractivity contribution in [3.8, 4) is 17.0 Å². The van der Waals surface area contributed by atoms with Crippen molar-refractivity contribution >= 4 is 17.6 Å². The van der Waals surface area contributed by atoms with Crippen molar-refractivity contribution in [2.45, 2.75) is 45.8 Å². The summed E-state index contributed by atoms with van der Waals surface area (Å²) in [6.45, 7) is 5.89. The maximum Gasteiger partial charge on any atom is 0.341 e. The van der Waals surface area contributed by atoms with Gasteiger partial charge in [-0.05, 0) is 48.8 Å². The zero-order valence-corrected chi connectivity index (χ0v) is 18.4. The van der Waals surface area contributed by atoms with Crippen LogP contribution in [-0.2, 0) is 22.7 Å². The van der Waals surface area contributed by atoms with Crippen molar-refractivity contribution < 1.29 is 24.4 Å². The average molecular weight is 448 g/mol. The predicted molar refractivity (Wildman–Crippen MR) is 116 cm³/mol. The molecule has 8 heteroatoms. The van der Waals surface area contributed by atoms with Crippen LogP contribution >= 0.6 is 11.6 Å². The number of pyridine rings is 1. The van der Waals surface area contributed by atoms with Crippen LogP contribution in [0.15, 0.2) is 29.2 Å². The van der Waals surface area contributed by atoms with E-state index in [9.17, 15) is 14.7 Å². The molecule has 0 spiro atoms. The average Bonchev–Trinajstić information content (AvgIpc) is 2.68. The highest BCUT2D eigenvalue weighted by Gasteiger charge is 2.32. The fourth-order valence-corrected chi connectivity index (χ4v) is 4.13. The van der Waals surface area contributed by atoms with Crippen LogP contribution in [0.2, 0.25) is 5.02 Å². The maximum absolute atomic E-state index is 12.2. The van der Waals surface area contributed by atoms with E-state index in [0.29, 0.717) is 54.5 Å². The van der Waals surface area contributed by atoms with E-state index in [4.69, 9.17) is 26.1 Å². The summed E-state index contributed by atoms with van der Waals surface area (Å²) in [4.78, 5) is 34.0. The van der Waals surface area contributed by atoms with Crippen molar-refractivity contribution in [3.63, 3.8) is 0 Å². The number of aromatic carboxylic acids is 1. The van der Waals surface area contributed by atoms with E-state index in [1.807, 2.05) is 6.07 Å². The lowest BCUT2D eigenvalue weighted by atomic mass is 9.83. The number of fused-ring (bicyclic) bond motifs is 3. The van der Waals surface area contributed by atoms with Crippen molar-refractivity contribution in [1.82, 2.24) is 4.57 Å². The van der Waals surface area contributed by atoms with E-state index >= 15 is 0 Å². The molecular weight excluding hydrogens is 422 g/mol. The third-order valence-corrected chi connectivity index (χ3v) is 5.98. The molecule has 1 aliphatic carbocycles. The van der Waals surface area contributed by atoms with Gasteiger partial charge in [0.25, 0.3) is 0 Å². The normalized spacial score (nSPS) is 19.5. The molecule has 0 saturated heterocycles. The lowest BCUT2D eigenvalue weighted by molar-refractivity contribution is -0.347. The van der Waals surface area contributed by atoms with E-state index in [1.54, 1.807) is 10.6 Å². The van der Waals surface area contributed by atoms with E-state index < -0.39 is 11.4 Å². The molecule has 2 aliphatic rings. The second kappa shape index (κ2) is 9.02. The van der Waals surface area contributed by atoms with Gasteiger partial charge in [0, 0.05) is 24.4 Å². The first-order valence-electron chi connectivity index (χ1n) is 10.5. The van der Waals surface area contributed by atoms with Gasteiger partial charge in [0.2, 0.25) is 0 Å². The summed E-state index contributed by atoms with van der Waals surface area (Å²) in [5.41, 5.74) is 1.79. The molecule has 1 aliphatic heterocycles. The van der Waals surface area contributed by atoms with E-state index in [1.165, 1.54) is 12.3 Å². The monoisotopic (exact) mass is 447 g/mol. The summed E-state index contributed by atoms with van der Waals surface area (Å²) in [5, 5.41) is 9.65. The Morgan fingerprint density at radius 2 is 2.06 bits per heavy atom. The van der Waals surface area contributed by atoms with Gasteiger partial charge in [0.15, 0.2) is 5.43 Å². The zero-order valence-electron chi connectivity index (χ0n) is 17.6. The minimum atomic E-state index is -1.22. The van der Waals surface area contributed by atoms with Crippen molar-refractivity contribution in [3.05, 3.63) is 50.8 Å². The van der Waals surface area contributed by atoms with Gasteiger partial charge in [-0.3, -0.25) is 4.79 Å². The molecule has 1 aromatic carbocycles. The molecule has 0 radical (unpaired) electrons. The number of nitrogens with zero attached hydrogens (tertiary/aromatic N) is 1. The summed E-state index contributed by atoms with van der Waals surface area (Å²) < 4.78 is 7.78. The predicted octanol–water partition coefficient (Wildman–Crippen LogP) is 4.18.